The van der Waals surface area contributed by atoms with Gasteiger partial charge in [-0.3, -0.25) is 4.99 Å². The molecule has 1 aliphatic heterocycles. The average Bonchev–Trinajstić information content (AvgIpc) is 3.02. The predicted octanol–water partition coefficient (Wildman–Crippen LogP) is 3.57. The third-order valence-corrected chi connectivity index (χ3v) is 3.73. The molecule has 3 rings (SSSR count). The summed E-state index contributed by atoms with van der Waals surface area (Å²) < 4.78 is 10.7. The van der Waals surface area contributed by atoms with E-state index >= 15 is 0 Å². The fourth-order valence-electron chi connectivity index (χ4n) is 2.46. The maximum atomic E-state index is 5.95. The Morgan fingerprint density at radius 2 is 1.96 bits per heavy atom. The maximum Gasteiger partial charge on any atom is 0.231 e. The molecule has 0 bridgehead atoms. The van der Waals surface area contributed by atoms with Crippen LogP contribution in [0, 0.1) is 0 Å². The van der Waals surface area contributed by atoms with E-state index in [1.54, 1.807) is 0 Å². The lowest BCUT2D eigenvalue weighted by atomic mass is 10.1. The van der Waals surface area contributed by atoms with Crippen molar-refractivity contribution in [2.75, 3.05) is 18.7 Å². The molecule has 0 saturated heterocycles. The fraction of sp³-hybridized carbons (Fsp3) is 0.278. The van der Waals surface area contributed by atoms with Crippen LogP contribution in [-0.4, -0.2) is 19.3 Å². The fourth-order valence-corrected chi connectivity index (χ4v) is 2.46. The zero-order chi connectivity index (χ0) is 16.1. The highest BCUT2D eigenvalue weighted by atomic mass is 127. The van der Waals surface area contributed by atoms with Gasteiger partial charge in [-0.2, -0.15) is 0 Å². The van der Waals surface area contributed by atoms with Crippen molar-refractivity contribution in [1.82, 2.24) is 0 Å². The first-order valence-electron chi connectivity index (χ1n) is 7.79. The van der Waals surface area contributed by atoms with E-state index in [4.69, 9.17) is 15.2 Å². The minimum absolute atomic E-state index is 0. The van der Waals surface area contributed by atoms with Gasteiger partial charge in [0.1, 0.15) is 0 Å². The highest BCUT2D eigenvalue weighted by molar-refractivity contribution is 14.0. The van der Waals surface area contributed by atoms with Crippen LogP contribution in [0.4, 0.5) is 5.69 Å². The summed E-state index contributed by atoms with van der Waals surface area (Å²) in [6, 6.07) is 14.1. The van der Waals surface area contributed by atoms with Crippen molar-refractivity contribution in [3.05, 3.63) is 53.6 Å². The minimum atomic E-state index is 0. The van der Waals surface area contributed by atoms with Crippen LogP contribution in [0.2, 0.25) is 0 Å². The molecule has 0 atom stereocenters. The molecular formula is C18H22IN3O2. The quantitative estimate of drug-likeness (QED) is 0.425. The van der Waals surface area contributed by atoms with Gasteiger partial charge in [-0.1, -0.05) is 25.1 Å². The number of rotatable bonds is 5. The Morgan fingerprint density at radius 3 is 2.79 bits per heavy atom. The van der Waals surface area contributed by atoms with Gasteiger partial charge in [-0.05, 0) is 48.2 Å². The lowest BCUT2D eigenvalue weighted by Crippen LogP contribution is -2.23. The van der Waals surface area contributed by atoms with E-state index in [0.29, 0.717) is 19.3 Å². The number of anilines is 1. The van der Waals surface area contributed by atoms with Gasteiger partial charge in [-0.15, -0.1) is 24.0 Å². The molecule has 1 heterocycles. The molecule has 128 valence electrons. The van der Waals surface area contributed by atoms with Crippen molar-refractivity contribution in [1.29, 1.82) is 0 Å². The molecule has 0 unspecified atom stereocenters. The van der Waals surface area contributed by atoms with Gasteiger partial charge in [0.15, 0.2) is 17.5 Å². The first kappa shape index (κ1) is 18.4. The van der Waals surface area contributed by atoms with Gasteiger partial charge < -0.3 is 20.5 Å². The number of nitrogens with two attached hydrogens (primary N) is 1. The monoisotopic (exact) mass is 439 g/mol. The summed E-state index contributed by atoms with van der Waals surface area (Å²) in [6.45, 7) is 3.04. The highest BCUT2D eigenvalue weighted by Crippen LogP contribution is 2.32. The van der Waals surface area contributed by atoms with Crippen molar-refractivity contribution < 1.29 is 9.47 Å². The molecule has 0 amide bonds. The zero-order valence-corrected chi connectivity index (χ0v) is 15.9. The van der Waals surface area contributed by atoms with Crippen LogP contribution in [0.5, 0.6) is 11.5 Å². The SMILES string of the molecule is CCc1cccc(NC(N)=NCCc2ccc3c(c2)OCO3)c1.I. The number of ether oxygens (including phenoxy) is 2. The van der Waals surface area contributed by atoms with E-state index in [9.17, 15) is 0 Å². The number of halogens is 1. The molecule has 5 nitrogen and oxygen atoms in total. The van der Waals surface area contributed by atoms with Gasteiger partial charge >= 0.3 is 0 Å². The summed E-state index contributed by atoms with van der Waals surface area (Å²) in [4.78, 5) is 4.38. The van der Waals surface area contributed by atoms with Crippen molar-refractivity contribution in [3.8, 4) is 11.5 Å². The lowest BCUT2D eigenvalue weighted by molar-refractivity contribution is 0.174. The molecule has 0 aliphatic carbocycles. The van der Waals surface area contributed by atoms with Gasteiger partial charge in [0.05, 0.1) is 0 Å². The van der Waals surface area contributed by atoms with Crippen LogP contribution in [0.15, 0.2) is 47.5 Å². The molecule has 0 spiro atoms. The van der Waals surface area contributed by atoms with E-state index in [2.05, 4.69) is 29.4 Å². The maximum absolute atomic E-state index is 5.95. The molecule has 0 aromatic heterocycles. The zero-order valence-electron chi connectivity index (χ0n) is 13.6. The third-order valence-electron chi connectivity index (χ3n) is 3.73. The van der Waals surface area contributed by atoms with Crippen molar-refractivity contribution in [2.24, 2.45) is 10.7 Å². The van der Waals surface area contributed by atoms with Gasteiger partial charge in [0, 0.05) is 12.2 Å². The lowest BCUT2D eigenvalue weighted by Gasteiger charge is -2.07. The molecule has 1 aliphatic rings. The second-order valence-electron chi connectivity index (χ2n) is 5.38. The smallest absolute Gasteiger partial charge is 0.231 e. The number of aliphatic imine (C=N–C) groups is 1. The second-order valence-corrected chi connectivity index (χ2v) is 5.38. The number of guanidine groups is 1. The standard InChI is InChI=1S/C18H21N3O2.HI/c1-2-13-4-3-5-15(10-13)21-18(19)20-9-8-14-6-7-16-17(11-14)23-12-22-16;/h3-7,10-11H,2,8-9,12H2,1H3,(H3,19,20,21);1H. The Bertz CT molecular complexity index is 719. The Balaban J connectivity index is 0.00000208. The van der Waals surface area contributed by atoms with E-state index in [0.717, 1.165) is 35.6 Å². The Kier molecular flexibility index (Phi) is 6.72. The molecule has 6 heteroatoms. The summed E-state index contributed by atoms with van der Waals surface area (Å²) in [5.41, 5.74) is 9.33. The van der Waals surface area contributed by atoms with E-state index < -0.39 is 0 Å². The normalized spacial score (nSPS) is 12.6. The number of hydrogen-bond donors (Lipinski definition) is 2. The van der Waals surface area contributed by atoms with Crippen molar-refractivity contribution in [2.45, 2.75) is 19.8 Å². The average molecular weight is 439 g/mol. The Morgan fingerprint density at radius 1 is 1.12 bits per heavy atom. The Labute approximate surface area is 159 Å². The number of nitrogens with zero attached hydrogens (tertiary/aromatic N) is 1. The third kappa shape index (κ3) is 4.77. The van der Waals surface area contributed by atoms with E-state index in [-0.39, 0.29) is 24.0 Å². The topological polar surface area (TPSA) is 68.9 Å². The van der Waals surface area contributed by atoms with Gasteiger partial charge in [0.2, 0.25) is 6.79 Å². The molecular weight excluding hydrogens is 417 g/mol. The van der Waals surface area contributed by atoms with Crippen LogP contribution in [0.25, 0.3) is 0 Å². The predicted molar refractivity (Wildman–Crippen MR) is 108 cm³/mol. The Hall–Kier alpha value is -1.96. The summed E-state index contributed by atoms with van der Waals surface area (Å²) in [6.07, 6.45) is 1.80. The second kappa shape index (κ2) is 8.77. The highest BCUT2D eigenvalue weighted by Gasteiger charge is 2.12. The van der Waals surface area contributed by atoms with Crippen LogP contribution in [0.3, 0.4) is 0 Å². The minimum Gasteiger partial charge on any atom is -0.454 e. The summed E-state index contributed by atoms with van der Waals surface area (Å²) in [7, 11) is 0. The molecule has 3 N–H and O–H groups in total. The summed E-state index contributed by atoms with van der Waals surface area (Å²) in [5.74, 6) is 2.03. The van der Waals surface area contributed by atoms with E-state index in [1.165, 1.54) is 5.56 Å². The first-order chi connectivity index (χ1) is 11.2. The molecule has 24 heavy (non-hydrogen) atoms. The number of fused-ring (bicyclic) bond motifs is 1. The molecule has 0 radical (unpaired) electrons. The van der Waals surface area contributed by atoms with E-state index in [1.807, 2.05) is 30.3 Å². The van der Waals surface area contributed by atoms with Crippen molar-refractivity contribution >= 4 is 35.6 Å². The van der Waals surface area contributed by atoms with Crippen LogP contribution >= 0.6 is 24.0 Å². The first-order valence-corrected chi connectivity index (χ1v) is 7.79. The van der Waals surface area contributed by atoms with Gasteiger partial charge in [0.25, 0.3) is 0 Å². The number of nitrogens with one attached hydrogen (secondary N) is 1. The van der Waals surface area contributed by atoms with Crippen LogP contribution < -0.4 is 20.5 Å². The number of hydrogen-bond acceptors (Lipinski definition) is 3. The molecule has 2 aromatic carbocycles. The van der Waals surface area contributed by atoms with Crippen molar-refractivity contribution in [3.63, 3.8) is 0 Å². The molecule has 2 aromatic rings. The summed E-state index contributed by atoms with van der Waals surface area (Å²) >= 11 is 0. The largest absolute Gasteiger partial charge is 0.454 e. The molecule has 0 saturated carbocycles. The van der Waals surface area contributed by atoms with Crippen LogP contribution in [0.1, 0.15) is 18.1 Å². The van der Waals surface area contributed by atoms with Gasteiger partial charge in [-0.25, -0.2) is 0 Å². The molecule has 0 fully saturated rings. The summed E-state index contributed by atoms with van der Waals surface area (Å²) in [5, 5.41) is 3.13. The number of aryl methyl sites for hydroxylation is 1. The van der Waals surface area contributed by atoms with Crippen LogP contribution in [-0.2, 0) is 12.8 Å². The number of benzene rings is 2.